The molecule has 28 heavy (non-hydrogen) atoms. The average Bonchev–Trinajstić information content (AvgIpc) is 3.00. The molecule has 148 valence electrons. The quantitative estimate of drug-likeness (QED) is 0.806. The third-order valence-corrected chi connectivity index (χ3v) is 5.66. The Hall–Kier alpha value is -2.15. The molecule has 0 spiro atoms. The van der Waals surface area contributed by atoms with Crippen molar-refractivity contribution in [1.29, 1.82) is 0 Å². The van der Waals surface area contributed by atoms with Gasteiger partial charge in [-0.2, -0.15) is 0 Å². The lowest BCUT2D eigenvalue weighted by Gasteiger charge is -2.33. The van der Waals surface area contributed by atoms with Crippen LogP contribution >= 0.6 is 11.6 Å². The maximum absolute atomic E-state index is 12.6. The molecule has 2 fully saturated rings. The Kier molecular flexibility index (Phi) is 5.53. The lowest BCUT2D eigenvalue weighted by Crippen LogP contribution is -2.50. The summed E-state index contributed by atoms with van der Waals surface area (Å²) >= 11 is 6.37. The summed E-state index contributed by atoms with van der Waals surface area (Å²) in [7, 11) is 1.62. The zero-order valence-electron chi connectivity index (χ0n) is 16.2. The number of nitrogens with zero attached hydrogens (tertiary/aromatic N) is 2. The van der Waals surface area contributed by atoms with Crippen molar-refractivity contribution in [3.63, 3.8) is 0 Å². The Morgan fingerprint density at radius 3 is 2.71 bits per heavy atom. The van der Waals surface area contributed by atoms with Crippen molar-refractivity contribution in [2.75, 3.05) is 25.5 Å². The zero-order valence-corrected chi connectivity index (χ0v) is 16.9. The summed E-state index contributed by atoms with van der Waals surface area (Å²) in [5, 5.41) is 7.15. The summed E-state index contributed by atoms with van der Waals surface area (Å²) in [6, 6.07) is 8.35. The molecule has 2 unspecified atom stereocenters. The van der Waals surface area contributed by atoms with Crippen LogP contribution in [0.2, 0.25) is 5.02 Å². The van der Waals surface area contributed by atoms with Crippen LogP contribution in [0.25, 0.3) is 0 Å². The largest absolute Gasteiger partial charge is 0.494 e. The van der Waals surface area contributed by atoms with E-state index in [1.54, 1.807) is 25.4 Å². The number of halogens is 1. The molecule has 1 aromatic carbocycles. The number of hydrogen-bond acceptors (Lipinski definition) is 5. The van der Waals surface area contributed by atoms with Gasteiger partial charge in [0.05, 0.1) is 18.4 Å². The predicted molar refractivity (Wildman–Crippen MR) is 110 cm³/mol. The number of hydrogen-bond donors (Lipinski definition) is 2. The minimum Gasteiger partial charge on any atom is -0.494 e. The number of piperazine rings is 1. The number of ether oxygens (including phenoxy) is 1. The number of benzene rings is 1. The Morgan fingerprint density at radius 2 is 2.07 bits per heavy atom. The van der Waals surface area contributed by atoms with Crippen LogP contribution in [0.15, 0.2) is 30.5 Å². The van der Waals surface area contributed by atoms with Gasteiger partial charge in [-0.25, -0.2) is 0 Å². The van der Waals surface area contributed by atoms with Crippen molar-refractivity contribution in [3.05, 3.63) is 52.3 Å². The molecule has 2 aliphatic rings. The molecule has 0 radical (unpaired) electrons. The van der Waals surface area contributed by atoms with Crippen molar-refractivity contribution in [2.24, 2.45) is 0 Å². The maximum atomic E-state index is 12.6. The van der Waals surface area contributed by atoms with E-state index < -0.39 is 0 Å². The van der Waals surface area contributed by atoms with Crippen LogP contribution in [-0.4, -0.2) is 48.1 Å². The Labute approximate surface area is 170 Å². The molecule has 3 heterocycles. The number of likely N-dealkylation sites (tertiary alicyclic amines) is 1. The second kappa shape index (κ2) is 8.07. The second-order valence-electron chi connectivity index (χ2n) is 7.62. The van der Waals surface area contributed by atoms with E-state index in [4.69, 9.17) is 16.3 Å². The van der Waals surface area contributed by atoms with Crippen molar-refractivity contribution in [3.8, 4) is 5.75 Å². The number of aromatic nitrogens is 1. The predicted octanol–water partition coefficient (Wildman–Crippen LogP) is 3.24. The number of aryl methyl sites for hydroxylation is 1. The molecular weight excluding hydrogens is 376 g/mol. The van der Waals surface area contributed by atoms with E-state index in [9.17, 15) is 4.79 Å². The van der Waals surface area contributed by atoms with E-state index in [1.165, 1.54) is 12.8 Å². The molecule has 1 amide bonds. The molecule has 7 heteroatoms. The molecule has 2 saturated heterocycles. The number of methoxy groups -OCH3 is 1. The van der Waals surface area contributed by atoms with Crippen molar-refractivity contribution in [1.82, 2.24) is 15.2 Å². The Morgan fingerprint density at radius 1 is 1.32 bits per heavy atom. The number of anilines is 1. The lowest BCUT2D eigenvalue weighted by atomic mass is 10.1. The smallest absolute Gasteiger partial charge is 0.257 e. The van der Waals surface area contributed by atoms with Gasteiger partial charge in [0, 0.05) is 54.2 Å². The summed E-state index contributed by atoms with van der Waals surface area (Å²) in [5.74, 6) is 0.419. The average molecular weight is 401 g/mol. The number of fused-ring (bicyclic) bond motifs is 2. The Bertz CT molecular complexity index is 859. The van der Waals surface area contributed by atoms with Gasteiger partial charge < -0.3 is 15.4 Å². The van der Waals surface area contributed by atoms with Gasteiger partial charge in [0.2, 0.25) is 0 Å². The molecular formula is C21H25ClN4O2. The van der Waals surface area contributed by atoms with Crippen LogP contribution in [0.5, 0.6) is 5.75 Å². The Balaban J connectivity index is 1.55. The molecule has 0 aliphatic carbocycles. The van der Waals surface area contributed by atoms with E-state index in [0.29, 0.717) is 34.1 Å². The van der Waals surface area contributed by atoms with E-state index in [-0.39, 0.29) is 5.91 Å². The first kappa shape index (κ1) is 19.2. The minimum absolute atomic E-state index is 0.237. The van der Waals surface area contributed by atoms with Gasteiger partial charge in [-0.1, -0.05) is 11.6 Å². The maximum Gasteiger partial charge on any atom is 0.257 e. The normalized spacial score (nSPS) is 21.5. The third-order valence-electron chi connectivity index (χ3n) is 5.44. The van der Waals surface area contributed by atoms with Gasteiger partial charge in [0.1, 0.15) is 5.75 Å². The molecule has 2 aromatic rings. The zero-order chi connectivity index (χ0) is 19.7. The van der Waals surface area contributed by atoms with Gasteiger partial charge in [0.15, 0.2) is 0 Å². The number of amides is 1. The molecule has 4 rings (SSSR count). The number of pyridine rings is 1. The van der Waals surface area contributed by atoms with Crippen LogP contribution in [-0.2, 0) is 6.54 Å². The lowest BCUT2D eigenvalue weighted by molar-refractivity contribution is 0.102. The molecule has 2 aliphatic heterocycles. The standard InChI is InChI=1S/C21H25ClN4O2/c1-13-3-4-14(9-23-13)21(27)25-19-8-16(22)7-15(20(19)28-2)10-26-11-17-5-6-18(12-26)24-17/h3-4,7-9,17-18,24H,5-6,10-12H2,1-2H3,(H,25,27). The fourth-order valence-electron chi connectivity index (χ4n) is 4.16. The molecule has 2 bridgehead atoms. The third kappa shape index (κ3) is 4.14. The minimum atomic E-state index is -0.237. The van der Waals surface area contributed by atoms with Crippen LogP contribution in [0.3, 0.4) is 0 Å². The number of carbonyl (C=O) groups excluding carboxylic acids is 1. The second-order valence-corrected chi connectivity index (χ2v) is 8.06. The first-order valence-corrected chi connectivity index (χ1v) is 9.98. The summed E-state index contributed by atoms with van der Waals surface area (Å²) < 4.78 is 5.67. The fourth-order valence-corrected chi connectivity index (χ4v) is 4.40. The number of rotatable bonds is 5. The highest BCUT2D eigenvalue weighted by molar-refractivity contribution is 6.31. The monoisotopic (exact) mass is 400 g/mol. The van der Waals surface area contributed by atoms with Gasteiger partial charge >= 0.3 is 0 Å². The molecule has 2 N–H and O–H groups in total. The summed E-state index contributed by atoms with van der Waals surface area (Å²) in [6.45, 7) is 4.66. The van der Waals surface area contributed by atoms with E-state index in [1.807, 2.05) is 19.1 Å². The van der Waals surface area contributed by atoms with Gasteiger partial charge in [0.25, 0.3) is 5.91 Å². The first-order valence-electron chi connectivity index (χ1n) is 9.60. The highest BCUT2D eigenvalue weighted by Crippen LogP contribution is 2.34. The SMILES string of the molecule is COc1c(CN2CC3CCC(C2)N3)cc(Cl)cc1NC(=O)c1ccc(C)nc1. The van der Waals surface area contributed by atoms with Crippen molar-refractivity contribution in [2.45, 2.75) is 38.4 Å². The molecule has 2 atom stereocenters. The summed E-state index contributed by atoms with van der Waals surface area (Å²) in [5.41, 5.74) is 2.92. The number of carbonyl (C=O) groups is 1. The van der Waals surface area contributed by atoms with E-state index in [2.05, 4.69) is 20.5 Å². The van der Waals surface area contributed by atoms with Gasteiger partial charge in [-0.3, -0.25) is 14.7 Å². The highest BCUT2D eigenvalue weighted by atomic mass is 35.5. The van der Waals surface area contributed by atoms with E-state index >= 15 is 0 Å². The summed E-state index contributed by atoms with van der Waals surface area (Å²) in [4.78, 5) is 19.3. The number of nitrogens with one attached hydrogen (secondary N) is 2. The van der Waals surface area contributed by atoms with Gasteiger partial charge in [-0.15, -0.1) is 0 Å². The topological polar surface area (TPSA) is 66.5 Å². The van der Waals surface area contributed by atoms with Crippen LogP contribution in [0.4, 0.5) is 5.69 Å². The van der Waals surface area contributed by atoms with E-state index in [0.717, 1.165) is 30.9 Å². The fraction of sp³-hybridized carbons (Fsp3) is 0.429. The molecule has 1 aromatic heterocycles. The summed E-state index contributed by atoms with van der Waals surface area (Å²) in [6.07, 6.45) is 4.04. The van der Waals surface area contributed by atoms with Crippen LogP contribution in [0, 0.1) is 6.92 Å². The molecule has 0 saturated carbocycles. The van der Waals surface area contributed by atoms with Crippen molar-refractivity contribution >= 4 is 23.2 Å². The highest BCUT2D eigenvalue weighted by Gasteiger charge is 2.32. The van der Waals surface area contributed by atoms with Crippen molar-refractivity contribution < 1.29 is 9.53 Å². The van der Waals surface area contributed by atoms with Crippen LogP contribution in [0.1, 0.15) is 34.5 Å². The van der Waals surface area contributed by atoms with Crippen LogP contribution < -0.4 is 15.4 Å². The molecule has 6 nitrogen and oxygen atoms in total. The van der Waals surface area contributed by atoms with Gasteiger partial charge in [-0.05, 0) is 44.0 Å². The first-order chi connectivity index (χ1) is 13.5.